The van der Waals surface area contributed by atoms with Crippen LogP contribution in [-0.2, 0) is 11.3 Å². The van der Waals surface area contributed by atoms with Gasteiger partial charge in [0.1, 0.15) is 0 Å². The Morgan fingerprint density at radius 1 is 1.03 bits per heavy atom. The molecular formula is C24H23N3OS2. The minimum absolute atomic E-state index is 0.109. The summed E-state index contributed by atoms with van der Waals surface area (Å²) < 4.78 is 1.11. The van der Waals surface area contributed by atoms with Gasteiger partial charge in [0.15, 0.2) is 5.13 Å². The minimum atomic E-state index is 0.109. The fraction of sp³-hybridized carbons (Fsp3) is 0.208. The molecule has 0 aliphatic heterocycles. The molecular weight excluding hydrogens is 410 g/mol. The Morgan fingerprint density at radius 2 is 1.83 bits per heavy atom. The van der Waals surface area contributed by atoms with Gasteiger partial charge in [0.25, 0.3) is 0 Å². The van der Waals surface area contributed by atoms with Crippen molar-refractivity contribution in [3.05, 3.63) is 84.2 Å². The first-order valence-electron chi connectivity index (χ1n) is 9.94. The topological polar surface area (TPSA) is 46.1 Å². The highest BCUT2D eigenvalue weighted by Gasteiger charge is 2.20. The number of carbonyl (C=O) groups excluding carboxylic acids is 1. The molecule has 0 atom stereocenters. The standard InChI is InChI=1S/C24H23N3OS2/c1-18-7-5-10-21-23(18)26-24(30-21)27(17-19-12-14-25-15-13-19)22(28)11-6-16-29-20-8-3-2-4-9-20/h2-5,7-10,12-15H,6,11,16-17H2,1H3. The van der Waals surface area contributed by atoms with Gasteiger partial charge in [0.05, 0.1) is 16.8 Å². The fourth-order valence-corrected chi connectivity index (χ4v) is 5.12. The minimum Gasteiger partial charge on any atom is -0.284 e. The summed E-state index contributed by atoms with van der Waals surface area (Å²) in [7, 11) is 0. The van der Waals surface area contributed by atoms with E-state index in [2.05, 4.69) is 36.2 Å². The molecule has 0 saturated heterocycles. The first-order valence-corrected chi connectivity index (χ1v) is 11.7. The van der Waals surface area contributed by atoms with Crippen LogP contribution in [0.1, 0.15) is 24.0 Å². The lowest BCUT2D eigenvalue weighted by Gasteiger charge is -2.20. The van der Waals surface area contributed by atoms with E-state index in [1.807, 2.05) is 41.3 Å². The average molecular weight is 434 g/mol. The molecule has 0 aliphatic rings. The lowest BCUT2D eigenvalue weighted by Crippen LogP contribution is -2.30. The van der Waals surface area contributed by atoms with Gasteiger partial charge in [-0.05, 0) is 60.6 Å². The van der Waals surface area contributed by atoms with E-state index in [0.29, 0.717) is 13.0 Å². The van der Waals surface area contributed by atoms with Crippen molar-refractivity contribution in [3.63, 3.8) is 0 Å². The summed E-state index contributed by atoms with van der Waals surface area (Å²) in [6, 6.07) is 20.4. The van der Waals surface area contributed by atoms with Crippen molar-refractivity contribution in [2.24, 2.45) is 0 Å². The van der Waals surface area contributed by atoms with Crippen LogP contribution in [0, 0.1) is 6.92 Å². The lowest BCUT2D eigenvalue weighted by molar-refractivity contribution is -0.118. The van der Waals surface area contributed by atoms with Crippen LogP contribution in [0.25, 0.3) is 10.2 Å². The molecule has 4 nitrogen and oxygen atoms in total. The molecule has 4 aromatic rings. The van der Waals surface area contributed by atoms with Crippen LogP contribution in [0.15, 0.2) is 78.0 Å². The smallest absolute Gasteiger partial charge is 0.229 e. The first kappa shape index (κ1) is 20.6. The maximum atomic E-state index is 13.2. The van der Waals surface area contributed by atoms with Crippen LogP contribution >= 0.6 is 23.1 Å². The Hall–Kier alpha value is -2.70. The zero-order valence-electron chi connectivity index (χ0n) is 16.8. The molecule has 0 unspecified atom stereocenters. The van der Waals surface area contributed by atoms with E-state index >= 15 is 0 Å². The van der Waals surface area contributed by atoms with Crippen molar-refractivity contribution in [3.8, 4) is 0 Å². The van der Waals surface area contributed by atoms with Crippen LogP contribution in [0.2, 0.25) is 0 Å². The molecule has 2 aromatic heterocycles. The molecule has 152 valence electrons. The number of rotatable bonds is 8. The molecule has 2 heterocycles. The Morgan fingerprint density at radius 3 is 2.60 bits per heavy atom. The van der Waals surface area contributed by atoms with Gasteiger partial charge in [-0.2, -0.15) is 0 Å². The normalized spacial score (nSPS) is 11.0. The highest BCUT2D eigenvalue weighted by atomic mass is 32.2. The molecule has 0 aliphatic carbocycles. The summed E-state index contributed by atoms with van der Waals surface area (Å²) in [6.07, 6.45) is 4.85. The number of aryl methyl sites for hydroxylation is 1. The third kappa shape index (κ3) is 5.07. The second-order valence-electron chi connectivity index (χ2n) is 7.02. The second-order valence-corrected chi connectivity index (χ2v) is 9.20. The third-order valence-corrected chi connectivity index (χ3v) is 6.92. The quantitative estimate of drug-likeness (QED) is 0.249. The van der Waals surface area contributed by atoms with Gasteiger partial charge in [-0.15, -0.1) is 11.8 Å². The largest absolute Gasteiger partial charge is 0.284 e. The van der Waals surface area contributed by atoms with Crippen molar-refractivity contribution >= 4 is 44.4 Å². The van der Waals surface area contributed by atoms with Gasteiger partial charge in [-0.3, -0.25) is 14.7 Å². The predicted octanol–water partition coefficient (Wildman–Crippen LogP) is 6.11. The van der Waals surface area contributed by atoms with E-state index in [0.717, 1.165) is 38.6 Å². The number of amides is 1. The van der Waals surface area contributed by atoms with E-state index in [1.165, 1.54) is 4.90 Å². The van der Waals surface area contributed by atoms with Crippen LogP contribution in [0.5, 0.6) is 0 Å². The monoisotopic (exact) mass is 433 g/mol. The Labute approximate surface area is 185 Å². The van der Waals surface area contributed by atoms with E-state index < -0.39 is 0 Å². The molecule has 0 saturated carbocycles. The van der Waals surface area contributed by atoms with Crippen LogP contribution < -0.4 is 4.90 Å². The number of thioether (sulfide) groups is 1. The highest BCUT2D eigenvalue weighted by Crippen LogP contribution is 2.32. The third-order valence-electron chi connectivity index (χ3n) is 4.78. The molecule has 4 rings (SSSR count). The van der Waals surface area contributed by atoms with E-state index in [-0.39, 0.29) is 5.91 Å². The second kappa shape index (κ2) is 9.87. The fourth-order valence-electron chi connectivity index (χ4n) is 3.19. The van der Waals surface area contributed by atoms with Crippen molar-refractivity contribution < 1.29 is 4.79 Å². The van der Waals surface area contributed by atoms with Crippen molar-refractivity contribution in [1.29, 1.82) is 0 Å². The van der Waals surface area contributed by atoms with Gasteiger partial charge in [-0.25, -0.2) is 4.98 Å². The van der Waals surface area contributed by atoms with Crippen molar-refractivity contribution in [2.45, 2.75) is 31.2 Å². The molecule has 1 amide bonds. The van der Waals surface area contributed by atoms with E-state index in [4.69, 9.17) is 4.98 Å². The van der Waals surface area contributed by atoms with Gasteiger partial charge in [0.2, 0.25) is 5.91 Å². The van der Waals surface area contributed by atoms with Gasteiger partial charge >= 0.3 is 0 Å². The molecule has 2 aromatic carbocycles. The highest BCUT2D eigenvalue weighted by molar-refractivity contribution is 7.99. The zero-order chi connectivity index (χ0) is 20.8. The van der Waals surface area contributed by atoms with Crippen molar-refractivity contribution in [2.75, 3.05) is 10.7 Å². The molecule has 30 heavy (non-hydrogen) atoms. The summed E-state index contributed by atoms with van der Waals surface area (Å²) in [6.45, 7) is 2.56. The number of thiazole rings is 1. The number of hydrogen-bond acceptors (Lipinski definition) is 5. The molecule has 0 N–H and O–H groups in total. The number of fused-ring (bicyclic) bond motifs is 1. The number of anilines is 1. The molecule has 0 fully saturated rings. The summed E-state index contributed by atoms with van der Waals surface area (Å²) in [5.74, 6) is 1.02. The molecule has 6 heteroatoms. The maximum absolute atomic E-state index is 13.2. The van der Waals surface area contributed by atoms with E-state index in [9.17, 15) is 4.79 Å². The average Bonchev–Trinajstić information content (AvgIpc) is 3.22. The van der Waals surface area contributed by atoms with Gasteiger partial charge in [-0.1, -0.05) is 41.7 Å². The van der Waals surface area contributed by atoms with Gasteiger partial charge in [0, 0.05) is 23.7 Å². The summed E-state index contributed by atoms with van der Waals surface area (Å²) in [5, 5.41) is 0.761. The van der Waals surface area contributed by atoms with Crippen LogP contribution in [0.4, 0.5) is 5.13 Å². The summed E-state index contributed by atoms with van der Waals surface area (Å²) >= 11 is 3.36. The van der Waals surface area contributed by atoms with Crippen LogP contribution in [-0.4, -0.2) is 21.6 Å². The maximum Gasteiger partial charge on any atom is 0.229 e. The number of carbonyl (C=O) groups is 1. The summed E-state index contributed by atoms with van der Waals surface area (Å²) in [4.78, 5) is 25.1. The number of nitrogens with zero attached hydrogens (tertiary/aromatic N) is 3. The molecule has 0 radical (unpaired) electrons. The Bertz CT molecular complexity index is 1110. The SMILES string of the molecule is Cc1cccc2sc(N(Cc3ccncc3)C(=O)CCCSc3ccccc3)nc12. The van der Waals surface area contributed by atoms with Crippen molar-refractivity contribution in [1.82, 2.24) is 9.97 Å². The number of para-hydroxylation sites is 1. The Kier molecular flexibility index (Phi) is 6.77. The number of aromatic nitrogens is 2. The van der Waals surface area contributed by atoms with Gasteiger partial charge < -0.3 is 0 Å². The molecule has 0 spiro atoms. The number of hydrogen-bond donors (Lipinski definition) is 0. The number of benzene rings is 2. The zero-order valence-corrected chi connectivity index (χ0v) is 18.5. The summed E-state index contributed by atoms with van der Waals surface area (Å²) in [5.41, 5.74) is 3.16. The van der Waals surface area contributed by atoms with E-state index in [1.54, 1.807) is 35.5 Å². The number of pyridine rings is 1. The molecule has 0 bridgehead atoms. The van der Waals surface area contributed by atoms with Crippen LogP contribution in [0.3, 0.4) is 0 Å². The predicted molar refractivity (Wildman–Crippen MR) is 126 cm³/mol. The first-order chi connectivity index (χ1) is 14.7. The lowest BCUT2D eigenvalue weighted by atomic mass is 10.2. The Balaban J connectivity index is 1.49.